The zero-order chi connectivity index (χ0) is 12.3. The number of nitrogens with one attached hydrogen (secondary N) is 1. The largest absolute Gasteiger partial charge is 0.490 e. The number of rotatable bonds is 5. The van der Waals surface area contributed by atoms with Gasteiger partial charge in [0.2, 0.25) is 0 Å². The number of nitro groups is 1. The Labute approximate surface area is 99.9 Å². The van der Waals surface area contributed by atoms with Crippen LogP contribution < -0.4 is 10.1 Å². The Hall–Kier alpha value is -1.62. The maximum Gasteiger partial charge on any atom is 0.273 e. The van der Waals surface area contributed by atoms with E-state index in [1.165, 1.54) is 12.1 Å². The van der Waals surface area contributed by atoms with Crippen LogP contribution in [0.1, 0.15) is 12.8 Å². The minimum atomic E-state index is -0.405. The summed E-state index contributed by atoms with van der Waals surface area (Å²) >= 11 is 0. The van der Waals surface area contributed by atoms with Crippen molar-refractivity contribution in [1.82, 2.24) is 5.32 Å². The van der Waals surface area contributed by atoms with E-state index in [4.69, 9.17) is 4.74 Å². The Morgan fingerprint density at radius 3 is 2.94 bits per heavy atom. The molecule has 0 spiro atoms. The number of nitrogens with zero attached hydrogens (tertiary/aromatic N) is 1. The summed E-state index contributed by atoms with van der Waals surface area (Å²) in [6.07, 6.45) is 2.24. The first kappa shape index (κ1) is 11.9. The topological polar surface area (TPSA) is 64.4 Å². The molecule has 92 valence electrons. The van der Waals surface area contributed by atoms with Crippen molar-refractivity contribution < 1.29 is 9.66 Å². The van der Waals surface area contributed by atoms with Crippen LogP contribution in [0.4, 0.5) is 5.69 Å². The van der Waals surface area contributed by atoms with E-state index in [1.54, 1.807) is 12.1 Å². The van der Waals surface area contributed by atoms with Gasteiger partial charge in [0.05, 0.1) is 17.1 Å². The zero-order valence-electron chi connectivity index (χ0n) is 9.76. The van der Waals surface area contributed by atoms with E-state index in [-0.39, 0.29) is 11.8 Å². The van der Waals surface area contributed by atoms with Crippen LogP contribution in [0.3, 0.4) is 0 Å². The van der Waals surface area contributed by atoms with Crippen LogP contribution in [-0.2, 0) is 0 Å². The van der Waals surface area contributed by atoms with Crippen LogP contribution in [0.15, 0.2) is 24.3 Å². The minimum Gasteiger partial charge on any atom is -0.490 e. The first-order chi connectivity index (χ1) is 8.19. The number of nitro benzene ring substituents is 1. The van der Waals surface area contributed by atoms with E-state index in [0.29, 0.717) is 11.7 Å². The van der Waals surface area contributed by atoms with Gasteiger partial charge in [-0.25, -0.2) is 0 Å². The van der Waals surface area contributed by atoms with Gasteiger partial charge in [0.15, 0.2) is 0 Å². The molecule has 0 amide bonds. The van der Waals surface area contributed by atoms with Gasteiger partial charge < -0.3 is 10.1 Å². The quantitative estimate of drug-likeness (QED) is 0.627. The van der Waals surface area contributed by atoms with Crippen molar-refractivity contribution in [3.63, 3.8) is 0 Å². The van der Waals surface area contributed by atoms with Crippen molar-refractivity contribution >= 4 is 5.69 Å². The summed E-state index contributed by atoms with van der Waals surface area (Å²) < 4.78 is 5.69. The number of ether oxygens (including phenoxy) is 1. The molecule has 2 rings (SSSR count). The molecule has 0 bridgehead atoms. The Bertz CT molecular complexity index is 402. The molecular weight excluding hydrogens is 220 g/mol. The second-order valence-corrected chi connectivity index (χ2v) is 4.39. The highest BCUT2D eigenvalue weighted by molar-refractivity contribution is 5.38. The summed E-state index contributed by atoms with van der Waals surface area (Å²) in [5, 5.41) is 13.7. The fraction of sp³-hybridized carbons (Fsp3) is 0.500. The van der Waals surface area contributed by atoms with Crippen LogP contribution in [0, 0.1) is 16.0 Å². The summed E-state index contributed by atoms with van der Waals surface area (Å²) in [4.78, 5) is 10.2. The number of hydrogen-bond donors (Lipinski definition) is 1. The highest BCUT2D eigenvalue weighted by Gasteiger charge is 2.30. The second-order valence-electron chi connectivity index (χ2n) is 4.39. The van der Waals surface area contributed by atoms with Crippen molar-refractivity contribution in [2.75, 3.05) is 13.6 Å². The van der Waals surface area contributed by atoms with Crippen molar-refractivity contribution in [1.29, 1.82) is 0 Å². The van der Waals surface area contributed by atoms with Crippen LogP contribution in [0.5, 0.6) is 5.75 Å². The van der Waals surface area contributed by atoms with Gasteiger partial charge in [-0.15, -0.1) is 0 Å². The molecule has 0 radical (unpaired) electrons. The highest BCUT2D eigenvalue weighted by atomic mass is 16.6. The minimum absolute atomic E-state index is 0.0774. The van der Waals surface area contributed by atoms with Gasteiger partial charge in [-0.2, -0.15) is 0 Å². The first-order valence-electron chi connectivity index (χ1n) is 5.74. The van der Waals surface area contributed by atoms with E-state index in [2.05, 4.69) is 5.32 Å². The maximum absolute atomic E-state index is 10.6. The lowest BCUT2D eigenvalue weighted by molar-refractivity contribution is -0.385. The third kappa shape index (κ3) is 2.94. The summed E-state index contributed by atoms with van der Waals surface area (Å²) in [6, 6.07) is 6.36. The average molecular weight is 236 g/mol. The maximum atomic E-state index is 10.6. The summed E-state index contributed by atoms with van der Waals surface area (Å²) in [5.41, 5.74) is 0.0774. The zero-order valence-corrected chi connectivity index (χ0v) is 9.76. The molecule has 1 fully saturated rings. The second kappa shape index (κ2) is 5.14. The van der Waals surface area contributed by atoms with E-state index in [1.807, 2.05) is 7.05 Å². The molecule has 1 aliphatic carbocycles. The Kier molecular flexibility index (Phi) is 3.58. The molecular formula is C12H16N2O3. The molecule has 0 atom stereocenters. The van der Waals surface area contributed by atoms with Crippen molar-refractivity contribution in [2.24, 2.45) is 5.92 Å². The monoisotopic (exact) mass is 236 g/mol. The molecule has 17 heavy (non-hydrogen) atoms. The van der Waals surface area contributed by atoms with Gasteiger partial charge in [-0.1, -0.05) is 6.07 Å². The fourth-order valence-corrected chi connectivity index (χ4v) is 2.09. The smallest absolute Gasteiger partial charge is 0.273 e. The van der Waals surface area contributed by atoms with E-state index in [0.717, 1.165) is 19.4 Å². The molecule has 1 aromatic rings. The van der Waals surface area contributed by atoms with E-state index in [9.17, 15) is 10.1 Å². The van der Waals surface area contributed by atoms with Crippen molar-refractivity contribution in [2.45, 2.75) is 18.9 Å². The first-order valence-corrected chi connectivity index (χ1v) is 5.74. The van der Waals surface area contributed by atoms with Gasteiger partial charge >= 0.3 is 0 Å². The predicted molar refractivity (Wildman–Crippen MR) is 64.2 cm³/mol. The lowest BCUT2D eigenvalue weighted by Gasteiger charge is -2.35. The molecule has 1 aromatic carbocycles. The van der Waals surface area contributed by atoms with Crippen LogP contribution in [-0.4, -0.2) is 24.6 Å². The highest BCUT2D eigenvalue weighted by Crippen LogP contribution is 2.31. The molecule has 5 heteroatoms. The van der Waals surface area contributed by atoms with Gasteiger partial charge in [0, 0.05) is 6.07 Å². The van der Waals surface area contributed by atoms with Gasteiger partial charge in [-0.3, -0.25) is 10.1 Å². The van der Waals surface area contributed by atoms with Crippen LogP contribution in [0.2, 0.25) is 0 Å². The lowest BCUT2D eigenvalue weighted by atomic mass is 9.82. The summed E-state index contributed by atoms with van der Waals surface area (Å²) in [6.45, 7) is 1.01. The van der Waals surface area contributed by atoms with E-state index < -0.39 is 4.92 Å². The van der Waals surface area contributed by atoms with Gasteiger partial charge in [0.25, 0.3) is 5.69 Å². The molecule has 0 aromatic heterocycles. The van der Waals surface area contributed by atoms with E-state index >= 15 is 0 Å². The fourth-order valence-electron chi connectivity index (χ4n) is 2.09. The number of benzene rings is 1. The Morgan fingerprint density at radius 1 is 1.53 bits per heavy atom. The van der Waals surface area contributed by atoms with Crippen molar-refractivity contribution in [3.8, 4) is 5.75 Å². The molecule has 0 aliphatic heterocycles. The Balaban J connectivity index is 1.88. The lowest BCUT2D eigenvalue weighted by Crippen LogP contribution is -2.38. The molecule has 1 saturated carbocycles. The normalized spacial score (nSPS) is 22.9. The third-order valence-corrected chi connectivity index (χ3v) is 3.02. The number of non-ortho nitro benzene ring substituents is 1. The summed E-state index contributed by atoms with van der Waals surface area (Å²) in [7, 11) is 1.94. The SMILES string of the molecule is CNCC1CC(Oc2cccc([N+](=O)[O-])c2)C1. The molecule has 0 saturated heterocycles. The molecule has 0 heterocycles. The van der Waals surface area contributed by atoms with Gasteiger partial charge in [0.1, 0.15) is 5.75 Å². The molecule has 5 nitrogen and oxygen atoms in total. The standard InChI is InChI=1S/C12H16N2O3/c1-13-8-9-5-12(6-9)17-11-4-2-3-10(7-11)14(15)16/h2-4,7,9,12-13H,5-6,8H2,1H3. The Morgan fingerprint density at radius 2 is 2.29 bits per heavy atom. The van der Waals surface area contributed by atoms with Crippen LogP contribution >= 0.6 is 0 Å². The summed E-state index contributed by atoms with van der Waals surface area (Å²) in [5.74, 6) is 1.26. The molecule has 0 unspecified atom stereocenters. The average Bonchev–Trinajstić information content (AvgIpc) is 2.27. The number of hydrogen-bond acceptors (Lipinski definition) is 4. The molecule has 1 N–H and O–H groups in total. The third-order valence-electron chi connectivity index (χ3n) is 3.02. The van der Waals surface area contributed by atoms with Crippen LogP contribution in [0.25, 0.3) is 0 Å². The van der Waals surface area contributed by atoms with Crippen molar-refractivity contribution in [3.05, 3.63) is 34.4 Å². The van der Waals surface area contributed by atoms with Gasteiger partial charge in [-0.05, 0) is 38.4 Å². The molecule has 1 aliphatic rings. The predicted octanol–water partition coefficient (Wildman–Crippen LogP) is 1.97.